The van der Waals surface area contributed by atoms with E-state index < -0.39 is 17.2 Å². The third-order valence-corrected chi connectivity index (χ3v) is 4.85. The smallest absolute Gasteiger partial charge is 0.159 e. The third kappa shape index (κ3) is 2.67. The van der Waals surface area contributed by atoms with Crippen molar-refractivity contribution in [3.05, 3.63) is 95.2 Å². The fourth-order valence-electron chi connectivity index (χ4n) is 2.85. The molecule has 0 amide bonds. The molecule has 2 N–H and O–H groups in total. The van der Waals surface area contributed by atoms with Crippen LogP contribution in [0.3, 0.4) is 0 Å². The van der Waals surface area contributed by atoms with E-state index in [1.165, 1.54) is 12.1 Å². The van der Waals surface area contributed by atoms with E-state index in [9.17, 15) is 8.78 Å². The van der Waals surface area contributed by atoms with Gasteiger partial charge in [-0.15, -0.1) is 0 Å². The summed E-state index contributed by atoms with van der Waals surface area (Å²) < 4.78 is 28.0. The van der Waals surface area contributed by atoms with Gasteiger partial charge in [0, 0.05) is 22.1 Å². The highest BCUT2D eigenvalue weighted by Gasteiger charge is 2.43. The summed E-state index contributed by atoms with van der Waals surface area (Å²) >= 11 is 3.45. The first-order valence-electron chi connectivity index (χ1n) is 7.22. The number of nitrogens with one attached hydrogen (secondary N) is 2. The van der Waals surface area contributed by atoms with Crippen LogP contribution in [0.25, 0.3) is 0 Å². The van der Waals surface area contributed by atoms with Crippen molar-refractivity contribution in [2.75, 3.05) is 6.54 Å². The highest BCUT2D eigenvalue weighted by Crippen LogP contribution is 2.37. The molecule has 6 heteroatoms. The summed E-state index contributed by atoms with van der Waals surface area (Å²) in [6.07, 6.45) is 5.62. The Morgan fingerprint density at radius 2 is 1.92 bits per heavy atom. The molecule has 0 aliphatic carbocycles. The van der Waals surface area contributed by atoms with Gasteiger partial charge in [0.2, 0.25) is 0 Å². The Bertz CT molecular complexity index is 812. The highest BCUT2D eigenvalue weighted by atomic mass is 79.9. The summed E-state index contributed by atoms with van der Waals surface area (Å²) in [6.45, 7) is 12.3. The molecule has 0 aromatic heterocycles. The molecule has 24 heavy (non-hydrogen) atoms. The van der Waals surface area contributed by atoms with Gasteiger partial charge in [-0.2, -0.15) is 0 Å². The van der Waals surface area contributed by atoms with Crippen molar-refractivity contribution in [1.82, 2.24) is 15.5 Å². The van der Waals surface area contributed by atoms with E-state index in [1.807, 2.05) is 23.3 Å². The maximum atomic E-state index is 13.8. The minimum absolute atomic E-state index is 0.376. The van der Waals surface area contributed by atoms with Crippen molar-refractivity contribution >= 4 is 15.9 Å². The van der Waals surface area contributed by atoms with Gasteiger partial charge in [0.25, 0.3) is 0 Å². The lowest BCUT2D eigenvalue weighted by atomic mass is 9.87. The van der Waals surface area contributed by atoms with E-state index in [-0.39, 0.29) is 0 Å². The van der Waals surface area contributed by atoms with Gasteiger partial charge in [-0.1, -0.05) is 25.8 Å². The highest BCUT2D eigenvalue weighted by molar-refractivity contribution is 9.12. The fourth-order valence-corrected chi connectivity index (χ4v) is 3.23. The zero-order chi connectivity index (χ0) is 17.5. The first-order valence-corrected chi connectivity index (χ1v) is 8.02. The molecule has 2 aliphatic rings. The average molecular weight is 392 g/mol. The number of halogens is 3. The van der Waals surface area contributed by atoms with E-state index in [1.54, 1.807) is 0 Å². The van der Waals surface area contributed by atoms with Crippen LogP contribution in [0.2, 0.25) is 0 Å². The first kappa shape index (κ1) is 16.5. The summed E-state index contributed by atoms with van der Waals surface area (Å²) in [5.41, 5.74) is 1.03. The molecule has 2 heterocycles. The van der Waals surface area contributed by atoms with Crippen LogP contribution in [0.4, 0.5) is 8.78 Å². The van der Waals surface area contributed by atoms with Gasteiger partial charge in [-0.25, -0.2) is 8.78 Å². The molecule has 0 bridgehead atoms. The topological polar surface area (TPSA) is 27.3 Å². The van der Waals surface area contributed by atoms with Crippen molar-refractivity contribution in [2.45, 2.75) is 5.54 Å². The van der Waals surface area contributed by atoms with Gasteiger partial charge in [0.15, 0.2) is 11.6 Å². The molecular formula is C18H16BrF2N3. The predicted molar refractivity (Wildman–Crippen MR) is 94.6 cm³/mol. The van der Waals surface area contributed by atoms with E-state index in [2.05, 4.69) is 46.3 Å². The first-order chi connectivity index (χ1) is 11.3. The fraction of sp³-hybridized carbons (Fsp3) is 0.111. The summed E-state index contributed by atoms with van der Waals surface area (Å²) in [7, 11) is 0. The second-order valence-corrected chi connectivity index (χ2v) is 6.53. The van der Waals surface area contributed by atoms with Crippen LogP contribution in [-0.2, 0) is 5.54 Å². The van der Waals surface area contributed by atoms with Crippen LogP contribution in [-0.4, -0.2) is 11.4 Å². The number of nitrogens with zero attached hydrogens (tertiary/aromatic N) is 1. The number of hydrogen-bond donors (Lipinski definition) is 2. The van der Waals surface area contributed by atoms with Crippen molar-refractivity contribution in [3.63, 3.8) is 0 Å². The summed E-state index contributed by atoms with van der Waals surface area (Å²) in [5, 5.41) is 6.25. The monoisotopic (exact) mass is 391 g/mol. The third-order valence-electron chi connectivity index (χ3n) is 4.13. The molecule has 0 saturated carbocycles. The van der Waals surface area contributed by atoms with Crippen molar-refractivity contribution in [3.8, 4) is 0 Å². The van der Waals surface area contributed by atoms with Crippen LogP contribution in [0.5, 0.6) is 0 Å². The van der Waals surface area contributed by atoms with Crippen molar-refractivity contribution in [2.24, 2.45) is 0 Å². The van der Waals surface area contributed by atoms with Crippen LogP contribution in [0.15, 0.2) is 78.0 Å². The lowest BCUT2D eigenvalue weighted by Crippen LogP contribution is -2.46. The number of hydrogen-bond acceptors (Lipinski definition) is 3. The average Bonchev–Trinajstić information content (AvgIpc) is 2.81. The molecule has 1 saturated heterocycles. The lowest BCUT2D eigenvalue weighted by Gasteiger charge is -2.37. The van der Waals surface area contributed by atoms with Crippen LogP contribution in [0, 0.1) is 11.6 Å². The SMILES string of the molecule is C=C1NC(=C)C(CN2C=CC=C(Br)C2=C)(c2ccc(F)c(F)c2)N1. The molecule has 1 aromatic carbocycles. The molecule has 3 rings (SSSR count). The minimum Gasteiger partial charge on any atom is -0.356 e. The molecule has 0 spiro atoms. The van der Waals surface area contributed by atoms with E-state index >= 15 is 0 Å². The molecule has 1 unspecified atom stereocenters. The molecule has 1 fully saturated rings. The van der Waals surface area contributed by atoms with Crippen molar-refractivity contribution in [1.29, 1.82) is 0 Å². The summed E-state index contributed by atoms with van der Waals surface area (Å²) in [6, 6.07) is 3.83. The summed E-state index contributed by atoms with van der Waals surface area (Å²) in [5.74, 6) is -1.25. The molecule has 3 nitrogen and oxygen atoms in total. The normalized spacial score (nSPS) is 23.2. The predicted octanol–water partition coefficient (Wildman–Crippen LogP) is 3.96. The van der Waals surface area contributed by atoms with Crippen LogP contribution < -0.4 is 10.6 Å². The van der Waals surface area contributed by atoms with E-state index in [4.69, 9.17) is 0 Å². The Morgan fingerprint density at radius 3 is 2.54 bits per heavy atom. The molecule has 1 aromatic rings. The van der Waals surface area contributed by atoms with Gasteiger partial charge in [-0.05, 0) is 45.8 Å². The van der Waals surface area contributed by atoms with Crippen LogP contribution in [0.1, 0.15) is 5.56 Å². The van der Waals surface area contributed by atoms with Gasteiger partial charge in [0.05, 0.1) is 12.4 Å². The number of benzene rings is 1. The molecule has 124 valence electrons. The van der Waals surface area contributed by atoms with Crippen molar-refractivity contribution < 1.29 is 8.78 Å². The quantitative estimate of drug-likeness (QED) is 0.816. The Hall–Kier alpha value is -2.34. The Labute approximate surface area is 147 Å². The second-order valence-electron chi connectivity index (χ2n) is 5.67. The summed E-state index contributed by atoms with van der Waals surface area (Å²) in [4.78, 5) is 1.91. The largest absolute Gasteiger partial charge is 0.356 e. The standard InChI is InChI=1S/C18H16BrF2N3/c1-11-15(19)5-4-8-24(11)10-18(12(2)22-13(3)23-18)14-6-7-16(20)17(21)9-14/h4-9,22-23H,1-3,10H2. The molecular weight excluding hydrogens is 376 g/mol. The maximum absolute atomic E-state index is 13.8. The molecule has 1 atom stereocenters. The molecule has 2 aliphatic heterocycles. The van der Waals surface area contributed by atoms with Gasteiger partial charge in [-0.3, -0.25) is 0 Å². The zero-order valence-electron chi connectivity index (χ0n) is 12.9. The van der Waals surface area contributed by atoms with Gasteiger partial charge >= 0.3 is 0 Å². The Balaban J connectivity index is 2.04. The van der Waals surface area contributed by atoms with E-state index in [0.717, 1.165) is 16.2 Å². The Morgan fingerprint density at radius 1 is 1.17 bits per heavy atom. The van der Waals surface area contributed by atoms with Gasteiger partial charge < -0.3 is 15.5 Å². The number of rotatable bonds is 3. The number of allylic oxidation sites excluding steroid dienone is 3. The lowest BCUT2D eigenvalue weighted by molar-refractivity contribution is 0.334. The van der Waals surface area contributed by atoms with Gasteiger partial charge in [0.1, 0.15) is 5.54 Å². The maximum Gasteiger partial charge on any atom is 0.159 e. The minimum atomic E-state index is -0.909. The van der Waals surface area contributed by atoms with Crippen LogP contribution >= 0.6 is 15.9 Å². The zero-order valence-corrected chi connectivity index (χ0v) is 14.5. The second kappa shape index (κ2) is 5.94. The van der Waals surface area contributed by atoms with E-state index in [0.29, 0.717) is 23.6 Å². The molecule has 0 radical (unpaired) electrons. The Kier molecular flexibility index (Phi) is 4.09.